The number of nitrogens with one attached hydrogen (secondary N) is 1. The van der Waals surface area contributed by atoms with E-state index in [2.05, 4.69) is 29.2 Å². The molecular formula is C9H15ClN4O. The van der Waals surface area contributed by atoms with Crippen LogP contribution in [0.15, 0.2) is 6.20 Å². The number of hydrogen-bond donors (Lipinski definition) is 2. The zero-order valence-corrected chi connectivity index (χ0v) is 9.58. The molecule has 5 nitrogen and oxygen atoms in total. The smallest absolute Gasteiger partial charge is 0.240 e. The number of rotatable bonds is 5. The van der Waals surface area contributed by atoms with Crippen molar-refractivity contribution in [2.45, 2.75) is 20.3 Å². The topological polar surface area (TPSA) is 73.1 Å². The molecule has 6 heteroatoms. The van der Waals surface area contributed by atoms with Crippen LogP contribution in [0.1, 0.15) is 20.3 Å². The van der Waals surface area contributed by atoms with Gasteiger partial charge in [0.05, 0.1) is 12.8 Å². The average Bonchev–Trinajstić information content (AvgIpc) is 2.20. The standard InChI is InChI=1S/C9H15ClN4O/c1-6(2)3-4-15-8-7(10)5-12-9(13-8)14-11/h5-6H,3-4,11H2,1-2H3,(H,12,13,14). The summed E-state index contributed by atoms with van der Waals surface area (Å²) in [6, 6.07) is 0. The van der Waals surface area contributed by atoms with E-state index >= 15 is 0 Å². The largest absolute Gasteiger partial charge is 0.476 e. The molecule has 15 heavy (non-hydrogen) atoms. The minimum Gasteiger partial charge on any atom is -0.476 e. The molecule has 1 aromatic rings. The maximum atomic E-state index is 5.85. The molecule has 0 radical (unpaired) electrons. The zero-order valence-electron chi connectivity index (χ0n) is 8.83. The highest BCUT2D eigenvalue weighted by molar-refractivity contribution is 6.31. The van der Waals surface area contributed by atoms with E-state index in [0.717, 1.165) is 6.42 Å². The summed E-state index contributed by atoms with van der Waals surface area (Å²) >= 11 is 5.85. The Morgan fingerprint density at radius 3 is 2.93 bits per heavy atom. The van der Waals surface area contributed by atoms with Gasteiger partial charge >= 0.3 is 0 Å². The Labute approximate surface area is 94.0 Å². The van der Waals surface area contributed by atoms with Crippen molar-refractivity contribution in [2.75, 3.05) is 12.0 Å². The predicted molar refractivity (Wildman–Crippen MR) is 59.8 cm³/mol. The zero-order chi connectivity index (χ0) is 11.3. The average molecular weight is 231 g/mol. The summed E-state index contributed by atoms with van der Waals surface area (Å²) in [5.74, 6) is 6.41. The van der Waals surface area contributed by atoms with Gasteiger partial charge in [-0.05, 0) is 12.3 Å². The van der Waals surface area contributed by atoms with Crippen LogP contribution >= 0.6 is 11.6 Å². The second-order valence-corrected chi connectivity index (χ2v) is 3.93. The van der Waals surface area contributed by atoms with Crippen molar-refractivity contribution in [1.29, 1.82) is 0 Å². The third-order valence-electron chi connectivity index (χ3n) is 1.78. The van der Waals surface area contributed by atoms with Crippen molar-refractivity contribution in [3.8, 4) is 5.88 Å². The number of aromatic nitrogens is 2. The third-order valence-corrected chi connectivity index (χ3v) is 2.03. The molecule has 1 heterocycles. The fourth-order valence-corrected chi connectivity index (χ4v) is 1.06. The summed E-state index contributed by atoms with van der Waals surface area (Å²) < 4.78 is 5.41. The Morgan fingerprint density at radius 1 is 1.60 bits per heavy atom. The van der Waals surface area contributed by atoms with Gasteiger partial charge in [0.25, 0.3) is 0 Å². The molecule has 0 fully saturated rings. The van der Waals surface area contributed by atoms with Crippen LogP contribution in [0.25, 0.3) is 0 Å². The molecule has 0 aliphatic heterocycles. The highest BCUT2D eigenvalue weighted by Crippen LogP contribution is 2.21. The van der Waals surface area contributed by atoms with Crippen LogP contribution in [-0.4, -0.2) is 16.6 Å². The first-order chi connectivity index (χ1) is 7.13. The van der Waals surface area contributed by atoms with Crippen LogP contribution in [0.4, 0.5) is 5.95 Å². The van der Waals surface area contributed by atoms with Crippen LogP contribution < -0.4 is 16.0 Å². The van der Waals surface area contributed by atoms with Gasteiger partial charge in [0.2, 0.25) is 11.8 Å². The molecule has 0 aliphatic rings. The summed E-state index contributed by atoms with van der Waals surface area (Å²) in [7, 11) is 0. The van der Waals surface area contributed by atoms with Crippen LogP contribution in [0.5, 0.6) is 5.88 Å². The number of hydrogen-bond acceptors (Lipinski definition) is 5. The molecule has 0 unspecified atom stereocenters. The molecule has 0 aliphatic carbocycles. The Bertz CT molecular complexity index is 319. The number of nitrogens with zero attached hydrogens (tertiary/aromatic N) is 2. The third kappa shape index (κ3) is 3.89. The number of nitrogen functional groups attached to an aromatic ring is 1. The van der Waals surface area contributed by atoms with Crippen LogP contribution in [0.3, 0.4) is 0 Å². The monoisotopic (exact) mass is 230 g/mol. The van der Waals surface area contributed by atoms with Crippen molar-refractivity contribution >= 4 is 17.5 Å². The fourth-order valence-electron chi connectivity index (χ4n) is 0.914. The summed E-state index contributed by atoms with van der Waals surface area (Å²) in [4.78, 5) is 7.83. The maximum Gasteiger partial charge on any atom is 0.240 e. The number of halogens is 1. The van der Waals surface area contributed by atoms with E-state index in [-0.39, 0.29) is 0 Å². The van der Waals surface area contributed by atoms with Crippen LogP contribution in [-0.2, 0) is 0 Å². The first-order valence-corrected chi connectivity index (χ1v) is 5.13. The molecule has 0 aromatic carbocycles. The van der Waals surface area contributed by atoms with Gasteiger partial charge in [0, 0.05) is 0 Å². The minimum atomic E-state index is 0.291. The number of anilines is 1. The highest BCUT2D eigenvalue weighted by atomic mass is 35.5. The number of hydrazine groups is 1. The summed E-state index contributed by atoms with van der Waals surface area (Å²) in [5, 5.41) is 0.387. The van der Waals surface area contributed by atoms with Crippen LogP contribution in [0.2, 0.25) is 5.02 Å². The summed E-state index contributed by atoms with van der Waals surface area (Å²) in [6.07, 6.45) is 2.40. The maximum absolute atomic E-state index is 5.85. The molecule has 0 atom stereocenters. The normalized spacial score (nSPS) is 10.5. The Balaban J connectivity index is 2.59. The highest BCUT2D eigenvalue weighted by Gasteiger charge is 2.06. The summed E-state index contributed by atoms with van der Waals surface area (Å²) in [6.45, 7) is 4.83. The second-order valence-electron chi connectivity index (χ2n) is 3.52. The van der Waals surface area contributed by atoms with Crippen molar-refractivity contribution in [3.05, 3.63) is 11.2 Å². The first-order valence-electron chi connectivity index (χ1n) is 4.75. The van der Waals surface area contributed by atoms with Crippen molar-refractivity contribution in [2.24, 2.45) is 11.8 Å². The van der Waals surface area contributed by atoms with Gasteiger partial charge in [-0.1, -0.05) is 25.4 Å². The van der Waals surface area contributed by atoms with E-state index in [4.69, 9.17) is 22.2 Å². The number of ether oxygens (including phenoxy) is 1. The second kappa shape index (κ2) is 5.72. The predicted octanol–water partition coefficient (Wildman–Crippen LogP) is 1.84. The van der Waals surface area contributed by atoms with Gasteiger partial charge in [-0.2, -0.15) is 4.98 Å². The Hall–Kier alpha value is -1.07. The lowest BCUT2D eigenvalue weighted by atomic mass is 10.1. The lowest BCUT2D eigenvalue weighted by Gasteiger charge is -2.09. The van der Waals surface area contributed by atoms with Gasteiger partial charge in [-0.25, -0.2) is 10.8 Å². The lowest BCUT2D eigenvalue weighted by Crippen LogP contribution is -2.11. The summed E-state index contributed by atoms with van der Waals surface area (Å²) in [5.41, 5.74) is 2.33. The SMILES string of the molecule is CC(C)CCOc1nc(NN)ncc1Cl. The van der Waals surface area contributed by atoms with E-state index in [1.54, 1.807) is 0 Å². The van der Waals surface area contributed by atoms with Gasteiger partial charge < -0.3 is 4.74 Å². The van der Waals surface area contributed by atoms with E-state index in [1.807, 2.05) is 0 Å². The van der Waals surface area contributed by atoms with Gasteiger partial charge in [-0.3, -0.25) is 5.43 Å². The molecule has 0 saturated heterocycles. The molecule has 0 amide bonds. The molecule has 0 spiro atoms. The van der Waals surface area contributed by atoms with E-state index in [0.29, 0.717) is 29.4 Å². The molecule has 3 N–H and O–H groups in total. The van der Waals surface area contributed by atoms with E-state index in [1.165, 1.54) is 6.20 Å². The number of nitrogens with two attached hydrogens (primary N) is 1. The molecular weight excluding hydrogens is 216 g/mol. The molecule has 1 aromatic heterocycles. The molecule has 1 rings (SSSR count). The molecule has 84 valence electrons. The van der Waals surface area contributed by atoms with Crippen molar-refractivity contribution < 1.29 is 4.74 Å². The van der Waals surface area contributed by atoms with Gasteiger partial charge in [0.1, 0.15) is 5.02 Å². The molecule has 0 saturated carbocycles. The van der Waals surface area contributed by atoms with Crippen molar-refractivity contribution in [1.82, 2.24) is 9.97 Å². The quantitative estimate of drug-likeness (QED) is 0.597. The Morgan fingerprint density at radius 2 is 2.33 bits per heavy atom. The Kier molecular flexibility index (Phi) is 4.58. The van der Waals surface area contributed by atoms with Crippen LogP contribution in [0, 0.1) is 5.92 Å². The fraction of sp³-hybridized carbons (Fsp3) is 0.556. The van der Waals surface area contributed by atoms with E-state index < -0.39 is 0 Å². The van der Waals surface area contributed by atoms with Crippen molar-refractivity contribution in [3.63, 3.8) is 0 Å². The van der Waals surface area contributed by atoms with Gasteiger partial charge in [0.15, 0.2) is 0 Å². The van der Waals surface area contributed by atoms with E-state index in [9.17, 15) is 0 Å². The minimum absolute atomic E-state index is 0.291. The first kappa shape index (κ1) is 12.0. The van der Waals surface area contributed by atoms with Gasteiger partial charge in [-0.15, -0.1) is 0 Å². The lowest BCUT2D eigenvalue weighted by molar-refractivity contribution is 0.279. The molecule has 0 bridgehead atoms.